The van der Waals surface area contributed by atoms with Gasteiger partial charge in [-0.15, -0.1) is 5.90 Å². The molecule has 0 aromatic heterocycles. The minimum atomic E-state index is -4.58. The van der Waals surface area contributed by atoms with Crippen LogP contribution in [0, 0.1) is 0 Å². The van der Waals surface area contributed by atoms with E-state index in [0.29, 0.717) is 5.57 Å². The number of hydrogen-bond acceptors (Lipinski definition) is 3. The van der Waals surface area contributed by atoms with Crippen LogP contribution in [0.5, 0.6) is 0 Å². The number of oxime groups is 1. The van der Waals surface area contributed by atoms with E-state index in [1.165, 1.54) is 36.4 Å². The van der Waals surface area contributed by atoms with Gasteiger partial charge in [0.05, 0.1) is 11.1 Å². The van der Waals surface area contributed by atoms with Gasteiger partial charge in [0.25, 0.3) is 0 Å². The van der Waals surface area contributed by atoms with Crippen molar-refractivity contribution in [3.63, 3.8) is 0 Å². The van der Waals surface area contributed by atoms with E-state index < -0.39 is 23.5 Å². The molecule has 0 heterocycles. The van der Waals surface area contributed by atoms with E-state index in [1.54, 1.807) is 0 Å². The number of rotatable bonds is 3. The van der Waals surface area contributed by atoms with Gasteiger partial charge >= 0.3 is 12.4 Å². The average molecular weight is 424 g/mol. The van der Waals surface area contributed by atoms with Crippen molar-refractivity contribution in [2.24, 2.45) is 11.1 Å². The molecule has 30 heavy (non-hydrogen) atoms. The Kier molecular flexibility index (Phi) is 5.58. The van der Waals surface area contributed by atoms with E-state index in [-0.39, 0.29) is 28.0 Å². The lowest BCUT2D eigenvalue weighted by atomic mass is 9.86. The maximum absolute atomic E-state index is 13.1. The summed E-state index contributed by atoms with van der Waals surface area (Å²) in [5.41, 5.74) is -0.654. The Morgan fingerprint density at radius 2 is 1.33 bits per heavy atom. The maximum atomic E-state index is 13.1. The molecule has 0 fully saturated rings. The lowest BCUT2D eigenvalue weighted by molar-refractivity contribution is -0.138. The zero-order valence-electron chi connectivity index (χ0n) is 15.2. The molecule has 0 amide bonds. The standard InChI is InChI=1S/C21H14F6N2O/c1-12-8-15(13-4-2-6-16(9-13)20(22,23)24)11-18(19(12)29-30-28)14-5-3-7-17(10-14)21(25,26)27/h2-11H,1,28H2/b29-19+. The van der Waals surface area contributed by atoms with Gasteiger partial charge in [0, 0.05) is 5.57 Å². The topological polar surface area (TPSA) is 47.6 Å². The normalized spacial score (nSPS) is 16.4. The average Bonchev–Trinajstić information content (AvgIpc) is 2.68. The summed E-state index contributed by atoms with van der Waals surface area (Å²) in [5.74, 6) is 4.99. The van der Waals surface area contributed by atoms with Crippen molar-refractivity contribution in [1.82, 2.24) is 0 Å². The molecule has 0 spiro atoms. The highest BCUT2D eigenvalue weighted by molar-refractivity contribution is 6.35. The first-order chi connectivity index (χ1) is 14.0. The van der Waals surface area contributed by atoms with E-state index >= 15 is 0 Å². The third-order valence-electron chi connectivity index (χ3n) is 4.36. The molecule has 2 N–H and O–H groups in total. The summed E-state index contributed by atoms with van der Waals surface area (Å²) in [6, 6.07) is 9.00. The predicted octanol–water partition coefficient (Wildman–Crippen LogP) is 6.01. The monoisotopic (exact) mass is 424 g/mol. The van der Waals surface area contributed by atoms with Gasteiger partial charge in [-0.2, -0.15) is 26.3 Å². The summed E-state index contributed by atoms with van der Waals surface area (Å²) in [7, 11) is 0. The number of allylic oxidation sites excluding steroid dienone is 5. The van der Waals surface area contributed by atoms with Crippen LogP contribution in [-0.2, 0) is 17.3 Å². The number of nitrogens with zero attached hydrogens (tertiary/aromatic N) is 1. The second-order valence-electron chi connectivity index (χ2n) is 6.39. The second-order valence-corrected chi connectivity index (χ2v) is 6.39. The summed E-state index contributed by atoms with van der Waals surface area (Å²) in [4.78, 5) is 4.29. The Hall–Kier alpha value is -3.33. The molecule has 9 heteroatoms. The quantitative estimate of drug-likeness (QED) is 0.485. The molecule has 0 bridgehead atoms. The van der Waals surface area contributed by atoms with Gasteiger partial charge in [0.1, 0.15) is 5.71 Å². The van der Waals surface area contributed by atoms with Crippen LogP contribution in [-0.4, -0.2) is 5.71 Å². The fraction of sp³-hybridized carbons (Fsp3) is 0.0952. The number of halogens is 6. The molecule has 1 aliphatic carbocycles. The first-order valence-electron chi connectivity index (χ1n) is 8.43. The molecule has 3 rings (SSSR count). The van der Waals surface area contributed by atoms with E-state index in [2.05, 4.69) is 16.7 Å². The van der Waals surface area contributed by atoms with Gasteiger partial charge in [-0.05, 0) is 58.7 Å². The largest absolute Gasteiger partial charge is 0.416 e. The Labute approximate surface area is 167 Å². The summed E-state index contributed by atoms with van der Waals surface area (Å²) < 4.78 is 78.6. The third kappa shape index (κ3) is 4.46. The second kappa shape index (κ2) is 7.83. The van der Waals surface area contributed by atoms with Crippen molar-refractivity contribution in [3.8, 4) is 0 Å². The van der Waals surface area contributed by atoms with Crippen molar-refractivity contribution in [2.75, 3.05) is 0 Å². The molecule has 0 atom stereocenters. The summed E-state index contributed by atoms with van der Waals surface area (Å²) in [5, 5.41) is 3.62. The number of benzene rings is 2. The summed E-state index contributed by atoms with van der Waals surface area (Å²) in [6.07, 6.45) is -6.26. The minimum absolute atomic E-state index is 0.0625. The Bertz CT molecular complexity index is 1080. The number of nitrogens with two attached hydrogens (primary N) is 1. The molecule has 0 saturated heterocycles. The first-order valence-corrected chi connectivity index (χ1v) is 8.43. The highest BCUT2D eigenvalue weighted by atomic mass is 19.4. The minimum Gasteiger partial charge on any atom is -0.302 e. The van der Waals surface area contributed by atoms with E-state index in [1.807, 2.05) is 0 Å². The molecule has 156 valence electrons. The van der Waals surface area contributed by atoms with Crippen molar-refractivity contribution in [1.29, 1.82) is 0 Å². The fourth-order valence-corrected chi connectivity index (χ4v) is 2.98. The van der Waals surface area contributed by atoms with Crippen molar-refractivity contribution in [3.05, 3.63) is 95.1 Å². The van der Waals surface area contributed by atoms with Crippen LogP contribution in [0.15, 0.2) is 78.0 Å². The van der Waals surface area contributed by atoms with Gasteiger partial charge in [-0.3, -0.25) is 0 Å². The van der Waals surface area contributed by atoms with Gasteiger partial charge in [-0.25, -0.2) is 0 Å². The van der Waals surface area contributed by atoms with Gasteiger partial charge in [0.2, 0.25) is 0 Å². The first kappa shape index (κ1) is 21.4. The molecule has 2 aromatic carbocycles. The van der Waals surface area contributed by atoms with Crippen molar-refractivity contribution < 1.29 is 31.3 Å². The van der Waals surface area contributed by atoms with Crippen LogP contribution in [0.25, 0.3) is 11.1 Å². The predicted molar refractivity (Wildman–Crippen MR) is 101 cm³/mol. The van der Waals surface area contributed by atoms with E-state index in [0.717, 1.165) is 24.3 Å². The number of alkyl halides is 6. The molecule has 0 saturated carbocycles. The Balaban J connectivity index is 2.15. The molecule has 3 nitrogen and oxygen atoms in total. The van der Waals surface area contributed by atoms with Crippen LogP contribution in [0.4, 0.5) is 26.3 Å². The van der Waals surface area contributed by atoms with E-state index in [9.17, 15) is 26.3 Å². The van der Waals surface area contributed by atoms with Gasteiger partial charge in [-0.1, -0.05) is 36.0 Å². The Morgan fingerprint density at radius 3 is 1.87 bits per heavy atom. The van der Waals surface area contributed by atoms with Gasteiger partial charge in [0.15, 0.2) is 0 Å². The fourth-order valence-electron chi connectivity index (χ4n) is 2.98. The molecule has 0 aliphatic heterocycles. The van der Waals surface area contributed by atoms with Crippen LogP contribution in [0.1, 0.15) is 22.3 Å². The smallest absolute Gasteiger partial charge is 0.302 e. The molecule has 0 unspecified atom stereocenters. The highest BCUT2D eigenvalue weighted by Crippen LogP contribution is 2.37. The maximum Gasteiger partial charge on any atom is 0.416 e. The third-order valence-corrected chi connectivity index (χ3v) is 4.36. The van der Waals surface area contributed by atoms with Crippen LogP contribution >= 0.6 is 0 Å². The molecule has 1 aliphatic rings. The highest BCUT2D eigenvalue weighted by Gasteiger charge is 2.32. The van der Waals surface area contributed by atoms with Crippen LogP contribution in [0.3, 0.4) is 0 Å². The zero-order chi connectivity index (χ0) is 22.1. The SMILES string of the molecule is C=C1C=C(c2cccc(C(F)(F)F)c2)C=C(c2cccc(C(F)(F)F)c2)/C1=N/ON. The zero-order valence-corrected chi connectivity index (χ0v) is 15.2. The molecular formula is C21H14F6N2O. The molecular weight excluding hydrogens is 410 g/mol. The van der Waals surface area contributed by atoms with Gasteiger partial charge < -0.3 is 4.94 Å². The van der Waals surface area contributed by atoms with Crippen molar-refractivity contribution >= 4 is 16.9 Å². The number of hydrogen-bond donors (Lipinski definition) is 1. The van der Waals surface area contributed by atoms with Crippen LogP contribution < -0.4 is 5.90 Å². The lowest BCUT2D eigenvalue weighted by Crippen LogP contribution is -2.12. The summed E-state index contributed by atoms with van der Waals surface area (Å²) >= 11 is 0. The van der Waals surface area contributed by atoms with Crippen molar-refractivity contribution in [2.45, 2.75) is 12.4 Å². The molecule has 2 aromatic rings. The lowest BCUT2D eigenvalue weighted by Gasteiger charge is -2.19. The Morgan fingerprint density at radius 1 is 0.800 bits per heavy atom. The van der Waals surface area contributed by atoms with E-state index in [4.69, 9.17) is 5.90 Å². The molecule has 0 radical (unpaired) electrons. The van der Waals surface area contributed by atoms with Crippen LogP contribution in [0.2, 0.25) is 0 Å². The summed E-state index contributed by atoms with van der Waals surface area (Å²) in [6.45, 7) is 3.78.